The molecular formula is C12H17FN2O3S. The summed E-state index contributed by atoms with van der Waals surface area (Å²) in [5, 5.41) is 0. The summed E-state index contributed by atoms with van der Waals surface area (Å²) in [5.74, 6) is -0.804. The number of rotatable bonds is 3. The third-order valence-electron chi connectivity index (χ3n) is 3.05. The van der Waals surface area contributed by atoms with E-state index < -0.39 is 20.7 Å². The molecule has 1 aliphatic rings. The van der Waals surface area contributed by atoms with Crippen LogP contribution in [-0.4, -0.2) is 27.2 Å². The molecule has 0 saturated carbocycles. The Labute approximate surface area is 112 Å². The lowest BCUT2D eigenvalue weighted by Crippen LogP contribution is -2.41. The SMILES string of the molecule is CC1CC(NS(=O)(=O)c2cc(N)ccc2F)CCO1. The maximum absolute atomic E-state index is 13.6. The molecule has 2 atom stereocenters. The monoisotopic (exact) mass is 288 g/mol. The molecule has 0 amide bonds. The van der Waals surface area contributed by atoms with E-state index in [4.69, 9.17) is 10.5 Å². The van der Waals surface area contributed by atoms with Gasteiger partial charge >= 0.3 is 0 Å². The highest BCUT2D eigenvalue weighted by molar-refractivity contribution is 7.89. The summed E-state index contributed by atoms with van der Waals surface area (Å²) in [6.07, 6.45) is 1.14. The van der Waals surface area contributed by atoms with Crippen LogP contribution < -0.4 is 10.5 Å². The number of nitrogens with one attached hydrogen (secondary N) is 1. The van der Waals surface area contributed by atoms with Gasteiger partial charge in [-0.25, -0.2) is 17.5 Å². The van der Waals surface area contributed by atoms with E-state index >= 15 is 0 Å². The van der Waals surface area contributed by atoms with Crippen LogP contribution >= 0.6 is 0 Å². The molecular weight excluding hydrogens is 271 g/mol. The molecule has 19 heavy (non-hydrogen) atoms. The van der Waals surface area contributed by atoms with E-state index in [9.17, 15) is 12.8 Å². The van der Waals surface area contributed by atoms with Gasteiger partial charge in [-0.3, -0.25) is 0 Å². The molecule has 7 heteroatoms. The van der Waals surface area contributed by atoms with Gasteiger partial charge in [0, 0.05) is 18.3 Å². The van der Waals surface area contributed by atoms with Crippen LogP contribution in [0.2, 0.25) is 0 Å². The van der Waals surface area contributed by atoms with Gasteiger partial charge in [-0.1, -0.05) is 0 Å². The van der Waals surface area contributed by atoms with Crippen LogP contribution in [0.15, 0.2) is 23.1 Å². The summed E-state index contributed by atoms with van der Waals surface area (Å²) in [4.78, 5) is -0.411. The molecule has 0 aromatic heterocycles. The van der Waals surface area contributed by atoms with Gasteiger partial charge in [0.2, 0.25) is 10.0 Å². The number of benzene rings is 1. The smallest absolute Gasteiger partial charge is 0.243 e. The topological polar surface area (TPSA) is 81.4 Å². The quantitative estimate of drug-likeness (QED) is 0.820. The second-order valence-electron chi connectivity index (χ2n) is 4.71. The third-order valence-corrected chi connectivity index (χ3v) is 4.59. The Kier molecular flexibility index (Phi) is 4.07. The zero-order valence-electron chi connectivity index (χ0n) is 10.6. The van der Waals surface area contributed by atoms with Crippen LogP contribution in [0, 0.1) is 5.82 Å². The van der Waals surface area contributed by atoms with Crippen LogP contribution in [0.5, 0.6) is 0 Å². The third kappa shape index (κ3) is 3.43. The van der Waals surface area contributed by atoms with Crippen LogP contribution in [0.25, 0.3) is 0 Å². The maximum atomic E-state index is 13.6. The van der Waals surface area contributed by atoms with Gasteiger partial charge in [-0.2, -0.15) is 0 Å². The van der Waals surface area contributed by atoms with Crippen molar-refractivity contribution in [1.82, 2.24) is 4.72 Å². The Morgan fingerprint density at radius 2 is 2.21 bits per heavy atom. The van der Waals surface area contributed by atoms with E-state index in [0.29, 0.717) is 19.4 Å². The van der Waals surface area contributed by atoms with Crippen molar-refractivity contribution in [3.05, 3.63) is 24.0 Å². The van der Waals surface area contributed by atoms with E-state index in [1.807, 2.05) is 6.92 Å². The molecule has 5 nitrogen and oxygen atoms in total. The lowest BCUT2D eigenvalue weighted by Gasteiger charge is -2.27. The minimum Gasteiger partial charge on any atom is -0.399 e. The molecule has 1 fully saturated rings. The van der Waals surface area contributed by atoms with Gasteiger partial charge in [0.25, 0.3) is 0 Å². The van der Waals surface area contributed by atoms with Crippen molar-refractivity contribution >= 4 is 15.7 Å². The number of hydrogen-bond donors (Lipinski definition) is 2. The van der Waals surface area contributed by atoms with Gasteiger partial charge in [-0.05, 0) is 38.0 Å². The number of sulfonamides is 1. The van der Waals surface area contributed by atoms with E-state index in [1.54, 1.807) is 0 Å². The van der Waals surface area contributed by atoms with Crippen LogP contribution in [0.3, 0.4) is 0 Å². The largest absolute Gasteiger partial charge is 0.399 e. The summed E-state index contributed by atoms with van der Waals surface area (Å²) in [6.45, 7) is 2.37. The Hall–Kier alpha value is -1.18. The molecule has 2 rings (SSSR count). The summed E-state index contributed by atoms with van der Waals surface area (Å²) >= 11 is 0. The van der Waals surface area contributed by atoms with Crippen molar-refractivity contribution in [2.24, 2.45) is 0 Å². The highest BCUT2D eigenvalue weighted by Crippen LogP contribution is 2.20. The fourth-order valence-corrected chi connectivity index (χ4v) is 3.51. The average molecular weight is 288 g/mol. The highest BCUT2D eigenvalue weighted by Gasteiger charge is 2.27. The second kappa shape index (κ2) is 5.44. The molecule has 0 bridgehead atoms. The van der Waals surface area contributed by atoms with Gasteiger partial charge in [-0.15, -0.1) is 0 Å². The van der Waals surface area contributed by atoms with Crippen molar-refractivity contribution in [2.45, 2.75) is 36.8 Å². The van der Waals surface area contributed by atoms with Crippen molar-refractivity contribution in [2.75, 3.05) is 12.3 Å². The molecule has 0 aliphatic carbocycles. The number of halogens is 1. The Bertz CT molecular complexity index is 562. The predicted molar refractivity (Wildman–Crippen MR) is 69.6 cm³/mol. The predicted octanol–water partition coefficient (Wildman–Crippen LogP) is 1.25. The molecule has 106 valence electrons. The van der Waals surface area contributed by atoms with Gasteiger partial charge in [0.05, 0.1) is 6.10 Å². The number of anilines is 1. The van der Waals surface area contributed by atoms with Gasteiger partial charge < -0.3 is 10.5 Å². The molecule has 0 radical (unpaired) electrons. The maximum Gasteiger partial charge on any atom is 0.243 e. The number of nitrogens with two attached hydrogens (primary N) is 1. The molecule has 3 N–H and O–H groups in total. The van der Waals surface area contributed by atoms with Crippen molar-refractivity contribution in [1.29, 1.82) is 0 Å². The van der Waals surface area contributed by atoms with Crippen molar-refractivity contribution < 1.29 is 17.5 Å². The van der Waals surface area contributed by atoms with E-state index in [2.05, 4.69) is 4.72 Å². The normalized spacial score (nSPS) is 24.3. The molecule has 1 saturated heterocycles. The van der Waals surface area contributed by atoms with Crippen molar-refractivity contribution in [3.63, 3.8) is 0 Å². The zero-order valence-corrected chi connectivity index (χ0v) is 11.4. The average Bonchev–Trinajstić information content (AvgIpc) is 2.31. The number of hydrogen-bond acceptors (Lipinski definition) is 4. The Morgan fingerprint density at radius 3 is 2.89 bits per heavy atom. The van der Waals surface area contributed by atoms with Gasteiger partial charge in [0.15, 0.2) is 0 Å². The number of nitrogen functional groups attached to an aromatic ring is 1. The second-order valence-corrected chi connectivity index (χ2v) is 6.40. The molecule has 1 aromatic rings. The van der Waals surface area contributed by atoms with E-state index in [0.717, 1.165) is 12.1 Å². The Morgan fingerprint density at radius 1 is 1.47 bits per heavy atom. The molecule has 1 aliphatic heterocycles. The highest BCUT2D eigenvalue weighted by atomic mass is 32.2. The lowest BCUT2D eigenvalue weighted by molar-refractivity contribution is 0.0173. The minimum atomic E-state index is -3.90. The van der Waals surface area contributed by atoms with Gasteiger partial charge in [0.1, 0.15) is 10.7 Å². The first kappa shape index (κ1) is 14.2. The summed E-state index contributed by atoms with van der Waals surface area (Å²) in [5.41, 5.74) is 5.71. The summed E-state index contributed by atoms with van der Waals surface area (Å²) in [6, 6.07) is 3.26. The molecule has 2 unspecified atom stereocenters. The Balaban J connectivity index is 2.20. The standard InChI is InChI=1S/C12H17FN2O3S/c1-8-6-10(4-5-18-8)15-19(16,17)12-7-9(14)2-3-11(12)13/h2-3,7-8,10,15H,4-6,14H2,1H3. The van der Waals surface area contributed by atoms with E-state index in [-0.39, 0.29) is 17.8 Å². The fraction of sp³-hybridized carbons (Fsp3) is 0.500. The first-order valence-corrected chi connectivity index (χ1v) is 7.56. The van der Waals surface area contributed by atoms with Crippen LogP contribution in [-0.2, 0) is 14.8 Å². The van der Waals surface area contributed by atoms with Crippen LogP contribution in [0.1, 0.15) is 19.8 Å². The van der Waals surface area contributed by atoms with E-state index in [1.165, 1.54) is 6.07 Å². The number of ether oxygens (including phenoxy) is 1. The van der Waals surface area contributed by atoms with Crippen molar-refractivity contribution in [3.8, 4) is 0 Å². The molecule has 1 aromatic carbocycles. The van der Waals surface area contributed by atoms with Crippen LogP contribution in [0.4, 0.5) is 10.1 Å². The first-order valence-electron chi connectivity index (χ1n) is 6.07. The fourth-order valence-electron chi connectivity index (χ4n) is 2.11. The first-order chi connectivity index (χ1) is 8.88. The molecule has 0 spiro atoms. The summed E-state index contributed by atoms with van der Waals surface area (Å²) < 4.78 is 45.7. The minimum absolute atomic E-state index is 0.00728. The summed E-state index contributed by atoms with van der Waals surface area (Å²) in [7, 11) is -3.90. The zero-order chi connectivity index (χ0) is 14.0. The lowest BCUT2D eigenvalue weighted by atomic mass is 10.1. The molecule has 1 heterocycles.